The van der Waals surface area contributed by atoms with E-state index < -0.39 is 6.04 Å². The normalized spacial score (nSPS) is 12.9. The van der Waals surface area contributed by atoms with Crippen LogP contribution in [0.1, 0.15) is 51.8 Å². The fourth-order valence-corrected chi connectivity index (χ4v) is 2.08. The molecular weight excluding hydrogens is 248 g/mol. The van der Waals surface area contributed by atoms with E-state index in [0.717, 1.165) is 5.56 Å². The lowest BCUT2D eigenvalue weighted by Crippen LogP contribution is -2.33. The number of rotatable bonds is 3. The lowest BCUT2D eigenvalue weighted by molar-refractivity contribution is -0.134. The summed E-state index contributed by atoms with van der Waals surface area (Å²) >= 11 is 0. The first kappa shape index (κ1) is 16.2. The number of nitrogens with zero attached hydrogens (tertiary/aromatic N) is 2. The zero-order valence-corrected chi connectivity index (χ0v) is 13.3. The van der Waals surface area contributed by atoms with Crippen molar-refractivity contribution in [3.63, 3.8) is 0 Å². The Balaban J connectivity index is 3.03. The molecule has 0 N–H and O–H groups in total. The van der Waals surface area contributed by atoms with Crippen molar-refractivity contribution in [1.29, 1.82) is 5.26 Å². The summed E-state index contributed by atoms with van der Waals surface area (Å²) < 4.78 is 0. The third-order valence-electron chi connectivity index (χ3n) is 3.44. The number of hydrogen-bond donors (Lipinski definition) is 0. The third kappa shape index (κ3) is 3.60. The Morgan fingerprint density at radius 3 is 2.05 bits per heavy atom. The van der Waals surface area contributed by atoms with E-state index in [9.17, 15) is 10.1 Å². The monoisotopic (exact) mass is 272 g/mol. The molecule has 1 rings (SSSR count). The molecule has 0 aromatic heterocycles. The van der Waals surface area contributed by atoms with Crippen molar-refractivity contribution in [2.24, 2.45) is 5.92 Å². The van der Waals surface area contributed by atoms with Crippen molar-refractivity contribution in [2.75, 3.05) is 7.05 Å². The first-order chi connectivity index (χ1) is 9.18. The Labute approximate surface area is 122 Å². The van der Waals surface area contributed by atoms with Crippen molar-refractivity contribution in [3.8, 4) is 6.07 Å². The summed E-state index contributed by atoms with van der Waals surface area (Å²) in [6.45, 7) is 10.1. The Bertz CT molecular complexity index is 503. The summed E-state index contributed by atoms with van der Waals surface area (Å²) in [5, 5.41) is 9.37. The van der Waals surface area contributed by atoms with E-state index in [1.165, 1.54) is 10.5 Å². The van der Waals surface area contributed by atoms with Crippen LogP contribution < -0.4 is 0 Å². The molecule has 0 radical (unpaired) electrons. The quantitative estimate of drug-likeness (QED) is 0.842. The molecule has 3 heteroatoms. The Morgan fingerprint density at radius 1 is 1.20 bits per heavy atom. The number of benzene rings is 1. The van der Waals surface area contributed by atoms with Gasteiger partial charge in [-0.3, -0.25) is 4.79 Å². The van der Waals surface area contributed by atoms with Crippen LogP contribution in [0.15, 0.2) is 24.3 Å². The Hall–Kier alpha value is -1.82. The second kappa shape index (κ2) is 6.09. The summed E-state index contributed by atoms with van der Waals surface area (Å²) in [6, 6.07) is 9.64. The van der Waals surface area contributed by atoms with E-state index in [2.05, 4.69) is 26.8 Å². The molecule has 108 valence electrons. The van der Waals surface area contributed by atoms with E-state index in [4.69, 9.17) is 0 Å². The molecule has 0 bridgehead atoms. The van der Waals surface area contributed by atoms with Gasteiger partial charge >= 0.3 is 0 Å². The molecule has 1 unspecified atom stereocenters. The Morgan fingerprint density at radius 2 is 1.70 bits per heavy atom. The van der Waals surface area contributed by atoms with Crippen molar-refractivity contribution in [3.05, 3.63) is 35.4 Å². The summed E-state index contributed by atoms with van der Waals surface area (Å²) in [7, 11) is 1.69. The largest absolute Gasteiger partial charge is 0.326 e. The zero-order chi connectivity index (χ0) is 15.5. The molecule has 20 heavy (non-hydrogen) atoms. The van der Waals surface area contributed by atoms with Gasteiger partial charge in [-0.15, -0.1) is 0 Å². The predicted molar refractivity (Wildman–Crippen MR) is 81.1 cm³/mol. The number of hydrogen-bond acceptors (Lipinski definition) is 2. The van der Waals surface area contributed by atoms with Crippen LogP contribution in [0.5, 0.6) is 0 Å². The second-order valence-corrected chi connectivity index (χ2v) is 6.51. The molecule has 1 atom stereocenters. The standard InChI is InChI=1S/C17H24N2O/c1-12(2)16(20)19(6)15(11-18)13-7-9-14(10-8-13)17(3,4)5/h7-10,12,15H,1-6H3. The summed E-state index contributed by atoms with van der Waals surface area (Å²) in [5.41, 5.74) is 2.16. The minimum atomic E-state index is -0.529. The van der Waals surface area contributed by atoms with Crippen LogP contribution in [0.25, 0.3) is 0 Å². The van der Waals surface area contributed by atoms with Gasteiger partial charge in [-0.25, -0.2) is 0 Å². The van der Waals surface area contributed by atoms with Crippen molar-refractivity contribution in [2.45, 2.75) is 46.1 Å². The molecule has 0 saturated carbocycles. The highest BCUT2D eigenvalue weighted by atomic mass is 16.2. The third-order valence-corrected chi connectivity index (χ3v) is 3.44. The molecule has 0 saturated heterocycles. The topological polar surface area (TPSA) is 44.1 Å². The summed E-state index contributed by atoms with van der Waals surface area (Å²) in [4.78, 5) is 13.5. The van der Waals surface area contributed by atoms with Crippen LogP contribution in [0.3, 0.4) is 0 Å². The maximum Gasteiger partial charge on any atom is 0.226 e. The molecule has 0 heterocycles. The highest BCUT2D eigenvalue weighted by Gasteiger charge is 2.23. The SMILES string of the molecule is CC(C)C(=O)N(C)C(C#N)c1ccc(C(C)(C)C)cc1. The summed E-state index contributed by atoms with van der Waals surface area (Å²) in [5.74, 6) is -0.124. The van der Waals surface area contributed by atoms with E-state index in [1.807, 2.05) is 38.1 Å². The molecule has 3 nitrogen and oxygen atoms in total. The van der Waals surface area contributed by atoms with E-state index in [-0.39, 0.29) is 17.2 Å². The molecule has 1 amide bonds. The fraction of sp³-hybridized carbons (Fsp3) is 0.529. The molecule has 0 aliphatic heterocycles. The highest BCUT2D eigenvalue weighted by Crippen LogP contribution is 2.26. The molecule has 1 aromatic rings. The van der Waals surface area contributed by atoms with Crippen LogP contribution in [-0.4, -0.2) is 17.9 Å². The van der Waals surface area contributed by atoms with Gasteiger partial charge in [0.2, 0.25) is 5.91 Å². The molecule has 0 spiro atoms. The van der Waals surface area contributed by atoms with Gasteiger partial charge in [0.05, 0.1) is 6.07 Å². The van der Waals surface area contributed by atoms with Gasteiger partial charge in [0, 0.05) is 13.0 Å². The van der Waals surface area contributed by atoms with Gasteiger partial charge < -0.3 is 4.90 Å². The van der Waals surface area contributed by atoms with Crippen LogP contribution >= 0.6 is 0 Å². The average molecular weight is 272 g/mol. The van der Waals surface area contributed by atoms with Gasteiger partial charge in [0.15, 0.2) is 0 Å². The highest BCUT2D eigenvalue weighted by molar-refractivity contribution is 5.78. The molecule has 0 fully saturated rings. The first-order valence-corrected chi connectivity index (χ1v) is 6.95. The minimum Gasteiger partial charge on any atom is -0.326 e. The van der Waals surface area contributed by atoms with Crippen LogP contribution in [0.4, 0.5) is 0 Å². The Kier molecular flexibility index (Phi) is 4.94. The van der Waals surface area contributed by atoms with Crippen molar-refractivity contribution in [1.82, 2.24) is 4.90 Å². The van der Waals surface area contributed by atoms with Gasteiger partial charge in [0.25, 0.3) is 0 Å². The number of carbonyl (C=O) groups is 1. The van der Waals surface area contributed by atoms with Gasteiger partial charge in [-0.05, 0) is 16.5 Å². The summed E-state index contributed by atoms with van der Waals surface area (Å²) in [6.07, 6.45) is 0. The fourth-order valence-electron chi connectivity index (χ4n) is 2.08. The average Bonchev–Trinajstić information content (AvgIpc) is 2.38. The van der Waals surface area contributed by atoms with Crippen molar-refractivity contribution >= 4 is 5.91 Å². The van der Waals surface area contributed by atoms with Crippen LogP contribution in [0.2, 0.25) is 0 Å². The maximum atomic E-state index is 12.0. The predicted octanol–water partition coefficient (Wildman–Crippen LogP) is 3.66. The molecule has 1 aromatic carbocycles. The zero-order valence-electron chi connectivity index (χ0n) is 13.3. The number of carbonyl (C=O) groups excluding carboxylic acids is 1. The number of nitriles is 1. The van der Waals surface area contributed by atoms with Gasteiger partial charge in [-0.1, -0.05) is 58.9 Å². The van der Waals surface area contributed by atoms with Gasteiger partial charge in [-0.2, -0.15) is 5.26 Å². The maximum absolute atomic E-state index is 12.0. The van der Waals surface area contributed by atoms with E-state index in [1.54, 1.807) is 7.05 Å². The lowest BCUT2D eigenvalue weighted by atomic mass is 9.86. The van der Waals surface area contributed by atoms with Crippen molar-refractivity contribution < 1.29 is 4.79 Å². The molecule has 0 aliphatic carbocycles. The molecular formula is C17H24N2O. The lowest BCUT2D eigenvalue weighted by Gasteiger charge is -2.26. The van der Waals surface area contributed by atoms with E-state index in [0.29, 0.717) is 0 Å². The van der Waals surface area contributed by atoms with Gasteiger partial charge in [0.1, 0.15) is 6.04 Å². The molecule has 0 aliphatic rings. The van der Waals surface area contributed by atoms with Crippen LogP contribution in [0, 0.1) is 17.2 Å². The van der Waals surface area contributed by atoms with E-state index >= 15 is 0 Å². The number of amides is 1. The second-order valence-electron chi connectivity index (χ2n) is 6.51. The smallest absolute Gasteiger partial charge is 0.226 e. The minimum absolute atomic E-state index is 0.0172. The first-order valence-electron chi connectivity index (χ1n) is 6.95. The van der Waals surface area contributed by atoms with Crippen LogP contribution in [-0.2, 0) is 10.2 Å².